The summed E-state index contributed by atoms with van der Waals surface area (Å²) in [6, 6.07) is 1.54. The van der Waals surface area contributed by atoms with Gasteiger partial charge in [-0.15, -0.1) is 6.58 Å². The Labute approximate surface area is 83.6 Å². The van der Waals surface area contributed by atoms with E-state index in [0.717, 1.165) is 6.42 Å². The lowest BCUT2D eigenvalue weighted by atomic mass is 10.3. The standard InChI is InChI=1S/C10H15N3O/c1-3-4-6-11-10(14)9(2)13-8-5-7-12-13/h3,5,7-9H,1,4,6H2,2H3,(H,11,14). The minimum atomic E-state index is -0.255. The Morgan fingerprint density at radius 3 is 3.14 bits per heavy atom. The van der Waals surface area contributed by atoms with Crippen LogP contribution in [0.3, 0.4) is 0 Å². The second-order valence-corrected chi connectivity index (χ2v) is 3.03. The summed E-state index contributed by atoms with van der Waals surface area (Å²) >= 11 is 0. The van der Waals surface area contributed by atoms with Crippen LogP contribution in [0.1, 0.15) is 19.4 Å². The molecule has 0 fully saturated rings. The molecule has 0 aliphatic heterocycles. The number of nitrogens with zero attached hydrogens (tertiary/aromatic N) is 2. The highest BCUT2D eigenvalue weighted by Gasteiger charge is 2.13. The molecule has 14 heavy (non-hydrogen) atoms. The lowest BCUT2D eigenvalue weighted by molar-refractivity contribution is -0.124. The van der Waals surface area contributed by atoms with Crippen LogP contribution < -0.4 is 5.32 Å². The average molecular weight is 193 g/mol. The normalized spacial score (nSPS) is 12.1. The second-order valence-electron chi connectivity index (χ2n) is 3.03. The van der Waals surface area contributed by atoms with Gasteiger partial charge in [0.05, 0.1) is 0 Å². The number of aromatic nitrogens is 2. The van der Waals surface area contributed by atoms with Crippen molar-refractivity contribution in [2.24, 2.45) is 0 Å². The summed E-state index contributed by atoms with van der Waals surface area (Å²) < 4.78 is 1.63. The molecule has 1 aromatic rings. The number of carbonyl (C=O) groups excluding carboxylic acids is 1. The summed E-state index contributed by atoms with van der Waals surface area (Å²) in [5, 5.41) is 6.80. The van der Waals surface area contributed by atoms with Gasteiger partial charge in [0.15, 0.2) is 0 Å². The molecule has 1 rings (SSSR count). The minimum absolute atomic E-state index is 0.0180. The molecule has 1 atom stereocenters. The van der Waals surface area contributed by atoms with Crippen molar-refractivity contribution in [3.05, 3.63) is 31.1 Å². The van der Waals surface area contributed by atoms with E-state index < -0.39 is 0 Å². The predicted octanol–water partition coefficient (Wildman–Crippen LogP) is 1.14. The Morgan fingerprint density at radius 1 is 1.79 bits per heavy atom. The topological polar surface area (TPSA) is 46.9 Å². The predicted molar refractivity (Wildman–Crippen MR) is 54.8 cm³/mol. The van der Waals surface area contributed by atoms with E-state index in [2.05, 4.69) is 17.0 Å². The van der Waals surface area contributed by atoms with Gasteiger partial charge in [0.2, 0.25) is 5.91 Å². The van der Waals surface area contributed by atoms with E-state index in [1.54, 1.807) is 29.2 Å². The minimum Gasteiger partial charge on any atom is -0.354 e. The van der Waals surface area contributed by atoms with Crippen molar-refractivity contribution in [3.63, 3.8) is 0 Å². The van der Waals surface area contributed by atoms with Crippen LogP contribution in [0.2, 0.25) is 0 Å². The SMILES string of the molecule is C=CCCNC(=O)C(C)n1cccn1. The van der Waals surface area contributed by atoms with Gasteiger partial charge in [0.25, 0.3) is 0 Å². The molecule has 1 aromatic heterocycles. The van der Waals surface area contributed by atoms with Crippen LogP contribution in [0.4, 0.5) is 0 Å². The van der Waals surface area contributed by atoms with Gasteiger partial charge in [-0.05, 0) is 19.4 Å². The number of rotatable bonds is 5. The van der Waals surface area contributed by atoms with Crippen molar-refractivity contribution in [2.75, 3.05) is 6.54 Å². The first-order valence-corrected chi connectivity index (χ1v) is 4.63. The molecule has 0 aliphatic rings. The van der Waals surface area contributed by atoms with Gasteiger partial charge in [-0.3, -0.25) is 9.48 Å². The van der Waals surface area contributed by atoms with Crippen LogP contribution in [0, 0.1) is 0 Å². The van der Waals surface area contributed by atoms with Gasteiger partial charge >= 0.3 is 0 Å². The van der Waals surface area contributed by atoms with Crippen LogP contribution in [-0.2, 0) is 4.79 Å². The lowest BCUT2D eigenvalue weighted by Gasteiger charge is -2.11. The van der Waals surface area contributed by atoms with E-state index in [0.29, 0.717) is 6.54 Å². The third kappa shape index (κ3) is 2.73. The Hall–Kier alpha value is -1.58. The summed E-state index contributed by atoms with van der Waals surface area (Å²) in [6.45, 7) is 6.03. The monoisotopic (exact) mass is 193 g/mol. The number of carbonyl (C=O) groups is 1. The maximum Gasteiger partial charge on any atom is 0.244 e. The molecule has 76 valence electrons. The van der Waals surface area contributed by atoms with Crippen LogP contribution in [0.5, 0.6) is 0 Å². The molecule has 0 saturated heterocycles. The molecule has 0 bridgehead atoms. The molecular formula is C10H15N3O. The first kappa shape index (κ1) is 10.5. The fourth-order valence-corrected chi connectivity index (χ4v) is 1.08. The van der Waals surface area contributed by atoms with Gasteiger partial charge in [0, 0.05) is 18.9 Å². The zero-order chi connectivity index (χ0) is 10.4. The first-order valence-electron chi connectivity index (χ1n) is 4.63. The van der Waals surface area contributed by atoms with Crippen molar-refractivity contribution < 1.29 is 4.79 Å². The van der Waals surface area contributed by atoms with E-state index in [9.17, 15) is 4.79 Å². The molecule has 0 aliphatic carbocycles. The van der Waals surface area contributed by atoms with Crippen molar-refractivity contribution in [2.45, 2.75) is 19.4 Å². The quantitative estimate of drug-likeness (QED) is 0.563. The first-order chi connectivity index (χ1) is 6.75. The highest BCUT2D eigenvalue weighted by molar-refractivity contribution is 5.79. The van der Waals surface area contributed by atoms with Crippen molar-refractivity contribution >= 4 is 5.91 Å². The zero-order valence-electron chi connectivity index (χ0n) is 8.31. The molecule has 1 amide bonds. The van der Waals surface area contributed by atoms with Crippen LogP contribution in [-0.4, -0.2) is 22.2 Å². The summed E-state index contributed by atoms with van der Waals surface area (Å²) in [5.41, 5.74) is 0. The van der Waals surface area contributed by atoms with Gasteiger partial charge < -0.3 is 5.32 Å². The van der Waals surface area contributed by atoms with E-state index >= 15 is 0 Å². The molecule has 0 radical (unpaired) electrons. The van der Waals surface area contributed by atoms with Gasteiger partial charge in [0.1, 0.15) is 6.04 Å². The highest BCUT2D eigenvalue weighted by Crippen LogP contribution is 2.02. The number of nitrogens with one attached hydrogen (secondary N) is 1. The van der Waals surface area contributed by atoms with Crippen molar-refractivity contribution in [1.82, 2.24) is 15.1 Å². The molecule has 4 heteroatoms. The number of hydrogen-bond donors (Lipinski definition) is 1. The molecule has 4 nitrogen and oxygen atoms in total. The summed E-state index contributed by atoms with van der Waals surface area (Å²) in [7, 11) is 0. The van der Waals surface area contributed by atoms with Crippen molar-refractivity contribution in [3.8, 4) is 0 Å². The smallest absolute Gasteiger partial charge is 0.244 e. The fraction of sp³-hybridized carbons (Fsp3) is 0.400. The highest BCUT2D eigenvalue weighted by atomic mass is 16.2. The third-order valence-corrected chi connectivity index (χ3v) is 1.95. The van der Waals surface area contributed by atoms with Crippen LogP contribution in [0.15, 0.2) is 31.1 Å². The maximum absolute atomic E-state index is 11.5. The molecule has 1 heterocycles. The van der Waals surface area contributed by atoms with Gasteiger partial charge in [-0.25, -0.2) is 0 Å². The molecule has 0 aromatic carbocycles. The van der Waals surface area contributed by atoms with E-state index in [1.807, 2.05) is 6.92 Å². The fourth-order valence-electron chi connectivity index (χ4n) is 1.08. The maximum atomic E-state index is 11.5. The van der Waals surface area contributed by atoms with Crippen LogP contribution in [0.25, 0.3) is 0 Å². The molecule has 1 N–H and O–H groups in total. The Balaban J connectivity index is 2.41. The summed E-state index contributed by atoms with van der Waals surface area (Å²) in [6.07, 6.45) is 6.00. The van der Waals surface area contributed by atoms with E-state index in [-0.39, 0.29) is 11.9 Å². The largest absolute Gasteiger partial charge is 0.354 e. The second kappa shape index (κ2) is 5.21. The Bertz CT molecular complexity index is 292. The lowest BCUT2D eigenvalue weighted by Crippen LogP contribution is -2.31. The molecular weight excluding hydrogens is 178 g/mol. The third-order valence-electron chi connectivity index (χ3n) is 1.95. The van der Waals surface area contributed by atoms with Crippen LogP contribution >= 0.6 is 0 Å². The molecule has 0 spiro atoms. The van der Waals surface area contributed by atoms with Gasteiger partial charge in [-0.1, -0.05) is 6.08 Å². The van der Waals surface area contributed by atoms with Crippen molar-refractivity contribution in [1.29, 1.82) is 0 Å². The Kier molecular flexibility index (Phi) is 3.91. The van der Waals surface area contributed by atoms with E-state index in [1.165, 1.54) is 0 Å². The Morgan fingerprint density at radius 2 is 2.57 bits per heavy atom. The average Bonchev–Trinajstić information content (AvgIpc) is 2.69. The summed E-state index contributed by atoms with van der Waals surface area (Å²) in [5.74, 6) is -0.0180. The molecule has 1 unspecified atom stereocenters. The molecule has 0 saturated carbocycles. The van der Waals surface area contributed by atoms with E-state index in [4.69, 9.17) is 0 Å². The number of amides is 1. The summed E-state index contributed by atoms with van der Waals surface area (Å²) in [4.78, 5) is 11.5. The number of hydrogen-bond acceptors (Lipinski definition) is 2. The zero-order valence-corrected chi connectivity index (χ0v) is 8.31. The van der Waals surface area contributed by atoms with Gasteiger partial charge in [-0.2, -0.15) is 5.10 Å².